The molecule has 1 atom stereocenters. The minimum absolute atomic E-state index is 0.0209. The molecule has 0 bridgehead atoms. The van der Waals surface area contributed by atoms with E-state index in [4.69, 9.17) is 5.73 Å². The topological polar surface area (TPSA) is 72.9 Å². The molecule has 1 amide bonds. The van der Waals surface area contributed by atoms with Crippen LogP contribution in [0.15, 0.2) is 0 Å². The predicted molar refractivity (Wildman–Crippen MR) is 64.1 cm³/mol. The second-order valence-electron chi connectivity index (χ2n) is 4.00. The quantitative estimate of drug-likeness (QED) is 0.806. The van der Waals surface area contributed by atoms with Gasteiger partial charge in [-0.1, -0.05) is 6.92 Å². The summed E-state index contributed by atoms with van der Waals surface area (Å²) >= 11 is 0. The number of nitrogens with zero attached hydrogens (tertiary/aromatic N) is 2. The van der Waals surface area contributed by atoms with Gasteiger partial charge in [0.2, 0.25) is 5.91 Å². The van der Waals surface area contributed by atoms with E-state index in [2.05, 4.69) is 10.4 Å². The van der Waals surface area contributed by atoms with Crippen molar-refractivity contribution in [2.75, 3.05) is 12.3 Å². The first-order chi connectivity index (χ1) is 7.49. The van der Waals surface area contributed by atoms with E-state index >= 15 is 0 Å². The van der Waals surface area contributed by atoms with Crippen LogP contribution in [0.25, 0.3) is 0 Å². The average molecular weight is 224 g/mol. The summed E-state index contributed by atoms with van der Waals surface area (Å²) in [6, 6.07) is -0.317. The Balaban J connectivity index is 2.83. The Morgan fingerprint density at radius 3 is 2.62 bits per heavy atom. The van der Waals surface area contributed by atoms with Gasteiger partial charge in [0.1, 0.15) is 6.04 Å². The van der Waals surface area contributed by atoms with Crippen LogP contribution in [-0.2, 0) is 4.79 Å². The van der Waals surface area contributed by atoms with Gasteiger partial charge in [0, 0.05) is 6.54 Å². The summed E-state index contributed by atoms with van der Waals surface area (Å²) < 4.78 is 1.68. The fourth-order valence-electron chi connectivity index (χ4n) is 1.56. The molecule has 90 valence electrons. The number of hydrogen-bond donors (Lipinski definition) is 2. The number of aromatic nitrogens is 2. The molecule has 3 N–H and O–H groups in total. The summed E-state index contributed by atoms with van der Waals surface area (Å²) in [5.74, 6) is -0.0209. The van der Waals surface area contributed by atoms with Crippen molar-refractivity contribution in [3.63, 3.8) is 0 Å². The van der Waals surface area contributed by atoms with Crippen LogP contribution >= 0.6 is 0 Å². The van der Waals surface area contributed by atoms with Crippen molar-refractivity contribution in [2.24, 2.45) is 0 Å². The smallest absolute Gasteiger partial charge is 0.244 e. The van der Waals surface area contributed by atoms with Gasteiger partial charge < -0.3 is 11.1 Å². The highest BCUT2D eigenvalue weighted by molar-refractivity contribution is 5.80. The van der Waals surface area contributed by atoms with E-state index in [0.717, 1.165) is 17.8 Å². The predicted octanol–water partition coefficient (Wildman–Crippen LogP) is 1.17. The molecular weight excluding hydrogens is 204 g/mol. The maximum absolute atomic E-state index is 11.8. The number of nitrogens with one attached hydrogen (secondary N) is 1. The second-order valence-corrected chi connectivity index (χ2v) is 4.00. The number of carbonyl (C=O) groups excluding carboxylic acids is 1. The minimum atomic E-state index is -0.317. The van der Waals surface area contributed by atoms with Crippen LogP contribution in [0.5, 0.6) is 0 Å². The molecule has 0 fully saturated rings. The number of anilines is 1. The fourth-order valence-corrected chi connectivity index (χ4v) is 1.56. The number of nitrogen functional groups attached to an aromatic ring is 1. The monoisotopic (exact) mass is 224 g/mol. The fraction of sp³-hybridized carbons (Fsp3) is 0.636. The third-order valence-corrected chi connectivity index (χ3v) is 2.68. The molecule has 1 aromatic rings. The van der Waals surface area contributed by atoms with E-state index in [0.29, 0.717) is 12.2 Å². The molecule has 0 aromatic carbocycles. The lowest BCUT2D eigenvalue weighted by Gasteiger charge is -2.14. The molecule has 1 unspecified atom stereocenters. The van der Waals surface area contributed by atoms with E-state index < -0.39 is 0 Å². The van der Waals surface area contributed by atoms with E-state index in [1.165, 1.54) is 0 Å². The van der Waals surface area contributed by atoms with Crippen LogP contribution in [0.4, 0.5) is 5.69 Å². The zero-order valence-corrected chi connectivity index (χ0v) is 10.4. The molecule has 0 saturated carbocycles. The van der Waals surface area contributed by atoms with E-state index in [1.54, 1.807) is 4.68 Å². The molecule has 0 radical (unpaired) electrons. The molecule has 0 aliphatic heterocycles. The Morgan fingerprint density at radius 1 is 1.56 bits per heavy atom. The molecule has 16 heavy (non-hydrogen) atoms. The lowest BCUT2D eigenvalue weighted by atomic mass is 10.3. The largest absolute Gasteiger partial charge is 0.396 e. The van der Waals surface area contributed by atoms with Crippen LogP contribution in [0.2, 0.25) is 0 Å². The Labute approximate surface area is 96.0 Å². The SMILES string of the molecule is CCCNC(=O)C(C)n1nc(C)c(N)c1C. The number of carbonyl (C=O) groups is 1. The molecule has 1 aromatic heterocycles. The lowest BCUT2D eigenvalue weighted by Crippen LogP contribution is -2.32. The second kappa shape index (κ2) is 5.01. The Morgan fingerprint density at radius 2 is 2.19 bits per heavy atom. The molecule has 0 saturated heterocycles. The zero-order valence-electron chi connectivity index (χ0n) is 10.4. The number of nitrogens with two attached hydrogens (primary N) is 1. The third-order valence-electron chi connectivity index (χ3n) is 2.68. The summed E-state index contributed by atoms with van der Waals surface area (Å²) in [5, 5.41) is 7.12. The number of hydrogen-bond acceptors (Lipinski definition) is 3. The number of aryl methyl sites for hydroxylation is 1. The highest BCUT2D eigenvalue weighted by atomic mass is 16.2. The molecule has 1 heterocycles. The maximum Gasteiger partial charge on any atom is 0.244 e. The van der Waals surface area contributed by atoms with Crippen molar-refractivity contribution in [3.05, 3.63) is 11.4 Å². The zero-order chi connectivity index (χ0) is 12.3. The molecule has 0 aliphatic carbocycles. The van der Waals surface area contributed by atoms with Crippen molar-refractivity contribution >= 4 is 11.6 Å². The molecular formula is C11H20N4O. The highest BCUT2D eigenvalue weighted by Gasteiger charge is 2.19. The van der Waals surface area contributed by atoms with Crippen LogP contribution < -0.4 is 11.1 Å². The van der Waals surface area contributed by atoms with Crippen LogP contribution in [0.3, 0.4) is 0 Å². The van der Waals surface area contributed by atoms with Gasteiger partial charge >= 0.3 is 0 Å². The first kappa shape index (κ1) is 12.5. The van der Waals surface area contributed by atoms with Crippen LogP contribution in [0, 0.1) is 13.8 Å². The van der Waals surface area contributed by atoms with E-state index in [1.807, 2.05) is 27.7 Å². The van der Waals surface area contributed by atoms with Gasteiger partial charge in [0.15, 0.2) is 0 Å². The molecule has 0 spiro atoms. The average Bonchev–Trinajstić information content (AvgIpc) is 2.52. The van der Waals surface area contributed by atoms with Crippen molar-refractivity contribution in [1.82, 2.24) is 15.1 Å². The van der Waals surface area contributed by atoms with Crippen LogP contribution in [0.1, 0.15) is 37.7 Å². The summed E-state index contributed by atoms with van der Waals surface area (Å²) in [4.78, 5) is 11.8. The van der Waals surface area contributed by atoms with Gasteiger partial charge in [-0.15, -0.1) is 0 Å². The van der Waals surface area contributed by atoms with E-state index in [9.17, 15) is 4.79 Å². The van der Waals surface area contributed by atoms with Crippen molar-refractivity contribution in [1.29, 1.82) is 0 Å². The number of amides is 1. The normalized spacial score (nSPS) is 12.5. The highest BCUT2D eigenvalue weighted by Crippen LogP contribution is 2.18. The molecule has 1 rings (SSSR count). The van der Waals surface area contributed by atoms with Crippen molar-refractivity contribution in [3.8, 4) is 0 Å². The standard InChI is InChI=1S/C11H20N4O/c1-5-6-13-11(16)9(4)15-8(3)10(12)7(2)14-15/h9H,5-6,12H2,1-4H3,(H,13,16). The Kier molecular flexibility index (Phi) is 3.93. The summed E-state index contributed by atoms with van der Waals surface area (Å²) in [6.07, 6.45) is 0.928. The van der Waals surface area contributed by atoms with Gasteiger partial charge in [-0.2, -0.15) is 5.10 Å². The Hall–Kier alpha value is -1.52. The lowest BCUT2D eigenvalue weighted by molar-refractivity contribution is -0.124. The van der Waals surface area contributed by atoms with Gasteiger partial charge in [-0.25, -0.2) is 0 Å². The van der Waals surface area contributed by atoms with Crippen molar-refractivity contribution in [2.45, 2.75) is 40.2 Å². The van der Waals surface area contributed by atoms with Gasteiger partial charge in [0.05, 0.1) is 17.1 Å². The summed E-state index contributed by atoms with van der Waals surface area (Å²) in [7, 11) is 0. The van der Waals surface area contributed by atoms with Crippen LogP contribution in [-0.4, -0.2) is 22.2 Å². The first-order valence-electron chi connectivity index (χ1n) is 5.57. The molecule has 0 aliphatic rings. The minimum Gasteiger partial charge on any atom is -0.396 e. The summed E-state index contributed by atoms with van der Waals surface area (Å²) in [6.45, 7) is 8.25. The van der Waals surface area contributed by atoms with Gasteiger partial charge in [-0.05, 0) is 27.2 Å². The maximum atomic E-state index is 11.8. The van der Waals surface area contributed by atoms with E-state index in [-0.39, 0.29) is 11.9 Å². The Bertz CT molecular complexity index is 384. The number of rotatable bonds is 4. The first-order valence-corrected chi connectivity index (χ1v) is 5.57. The molecule has 5 nitrogen and oxygen atoms in total. The molecule has 5 heteroatoms. The van der Waals surface area contributed by atoms with Crippen molar-refractivity contribution < 1.29 is 4.79 Å². The van der Waals surface area contributed by atoms with Gasteiger partial charge in [-0.3, -0.25) is 9.48 Å². The summed E-state index contributed by atoms with van der Waals surface area (Å²) in [5.41, 5.74) is 8.10. The van der Waals surface area contributed by atoms with Gasteiger partial charge in [0.25, 0.3) is 0 Å². The third kappa shape index (κ3) is 2.35.